The van der Waals surface area contributed by atoms with Gasteiger partial charge in [0.2, 0.25) is 0 Å². The van der Waals surface area contributed by atoms with Crippen LogP contribution in [0.15, 0.2) is 12.1 Å². The summed E-state index contributed by atoms with van der Waals surface area (Å²) < 4.78 is 0. The summed E-state index contributed by atoms with van der Waals surface area (Å²) in [5.74, 6) is -0.142. The minimum atomic E-state index is -0.219. The normalized spacial score (nSPS) is 10.5. The van der Waals surface area contributed by atoms with Gasteiger partial charge in [-0.25, -0.2) is 0 Å². The fourth-order valence-electron chi connectivity index (χ4n) is 1.42. The Morgan fingerprint density at radius 1 is 1.27 bits per heavy atom. The number of carbonyl (C=O) groups excluding carboxylic acids is 1. The third kappa shape index (κ3) is 2.49. The second-order valence-electron chi connectivity index (χ2n) is 4.05. The third-order valence-corrected chi connectivity index (χ3v) is 2.23. The molecule has 0 aromatic heterocycles. The second kappa shape index (κ2) is 4.34. The Kier molecular flexibility index (Phi) is 3.35. The Bertz CT molecular complexity index is 383. The van der Waals surface area contributed by atoms with Crippen molar-refractivity contribution in [1.82, 2.24) is 5.32 Å². The molecule has 2 N–H and O–H groups in total. The van der Waals surface area contributed by atoms with E-state index in [1.54, 1.807) is 13.0 Å². The van der Waals surface area contributed by atoms with Gasteiger partial charge in [-0.05, 0) is 38.8 Å². The van der Waals surface area contributed by atoms with Gasteiger partial charge in [0.15, 0.2) is 0 Å². The van der Waals surface area contributed by atoms with Gasteiger partial charge in [0.05, 0.1) is 5.56 Å². The van der Waals surface area contributed by atoms with E-state index in [1.807, 2.05) is 26.8 Å². The molecule has 82 valence electrons. The monoisotopic (exact) mass is 207 g/mol. The fourth-order valence-corrected chi connectivity index (χ4v) is 1.42. The highest BCUT2D eigenvalue weighted by atomic mass is 16.3. The molecule has 3 heteroatoms. The molecular weight excluding hydrogens is 190 g/mol. The number of rotatable bonds is 2. The number of hydrogen-bond acceptors (Lipinski definition) is 2. The van der Waals surface area contributed by atoms with Crippen LogP contribution < -0.4 is 5.32 Å². The zero-order valence-corrected chi connectivity index (χ0v) is 9.59. The molecule has 1 amide bonds. The molecule has 0 fully saturated rings. The van der Waals surface area contributed by atoms with Gasteiger partial charge < -0.3 is 10.4 Å². The van der Waals surface area contributed by atoms with E-state index in [0.29, 0.717) is 5.56 Å². The van der Waals surface area contributed by atoms with Gasteiger partial charge in [0, 0.05) is 6.04 Å². The van der Waals surface area contributed by atoms with Crippen LogP contribution in [0, 0.1) is 13.8 Å². The highest BCUT2D eigenvalue weighted by molar-refractivity contribution is 5.98. The Hall–Kier alpha value is -1.51. The average molecular weight is 207 g/mol. The van der Waals surface area contributed by atoms with Gasteiger partial charge in [-0.2, -0.15) is 0 Å². The summed E-state index contributed by atoms with van der Waals surface area (Å²) >= 11 is 0. The first-order valence-electron chi connectivity index (χ1n) is 5.03. The van der Waals surface area contributed by atoms with Gasteiger partial charge in [-0.3, -0.25) is 4.79 Å². The van der Waals surface area contributed by atoms with Gasteiger partial charge in [-0.15, -0.1) is 0 Å². The van der Waals surface area contributed by atoms with Crippen molar-refractivity contribution < 1.29 is 9.90 Å². The third-order valence-electron chi connectivity index (χ3n) is 2.23. The zero-order chi connectivity index (χ0) is 11.6. The Labute approximate surface area is 90.1 Å². The predicted molar refractivity (Wildman–Crippen MR) is 60.2 cm³/mol. The minimum Gasteiger partial charge on any atom is -0.507 e. The van der Waals surface area contributed by atoms with Crippen LogP contribution in [0.1, 0.15) is 35.3 Å². The fraction of sp³-hybridized carbons (Fsp3) is 0.417. The highest BCUT2D eigenvalue weighted by Crippen LogP contribution is 2.24. The molecule has 0 bridgehead atoms. The summed E-state index contributed by atoms with van der Waals surface area (Å²) in [6.07, 6.45) is 0. The molecule has 0 heterocycles. The van der Waals surface area contributed by atoms with Crippen LogP contribution in [-0.2, 0) is 0 Å². The SMILES string of the molecule is Cc1ccc(C)c(C(=O)NC(C)C)c1O. The van der Waals surface area contributed by atoms with Crippen LogP contribution in [-0.4, -0.2) is 17.1 Å². The van der Waals surface area contributed by atoms with Crippen LogP contribution in [0.5, 0.6) is 5.75 Å². The van der Waals surface area contributed by atoms with Crippen molar-refractivity contribution in [3.8, 4) is 5.75 Å². The maximum atomic E-state index is 11.8. The molecule has 1 aromatic rings. The van der Waals surface area contributed by atoms with Gasteiger partial charge in [-0.1, -0.05) is 12.1 Å². The van der Waals surface area contributed by atoms with E-state index in [9.17, 15) is 9.90 Å². The molecule has 0 saturated carbocycles. The molecule has 0 aliphatic heterocycles. The molecule has 0 aliphatic carbocycles. The number of aromatic hydroxyl groups is 1. The number of phenols is 1. The Morgan fingerprint density at radius 3 is 2.33 bits per heavy atom. The lowest BCUT2D eigenvalue weighted by Crippen LogP contribution is -2.30. The average Bonchev–Trinajstić information content (AvgIpc) is 2.11. The number of nitrogens with one attached hydrogen (secondary N) is 1. The Morgan fingerprint density at radius 2 is 1.80 bits per heavy atom. The molecule has 0 unspecified atom stereocenters. The smallest absolute Gasteiger partial charge is 0.255 e. The lowest BCUT2D eigenvalue weighted by atomic mass is 10.0. The summed E-state index contributed by atoms with van der Waals surface area (Å²) in [5.41, 5.74) is 1.88. The quantitative estimate of drug-likeness (QED) is 0.780. The van der Waals surface area contributed by atoms with Crippen molar-refractivity contribution >= 4 is 5.91 Å². The number of benzene rings is 1. The van der Waals surface area contributed by atoms with Gasteiger partial charge in [0.1, 0.15) is 5.75 Å². The number of aryl methyl sites for hydroxylation is 2. The van der Waals surface area contributed by atoms with Crippen LogP contribution in [0.3, 0.4) is 0 Å². The summed E-state index contributed by atoms with van der Waals surface area (Å²) in [5, 5.41) is 12.6. The van der Waals surface area contributed by atoms with E-state index in [-0.39, 0.29) is 17.7 Å². The van der Waals surface area contributed by atoms with Crippen molar-refractivity contribution in [2.75, 3.05) is 0 Å². The highest BCUT2D eigenvalue weighted by Gasteiger charge is 2.16. The molecule has 0 atom stereocenters. The predicted octanol–water partition coefficient (Wildman–Crippen LogP) is 2.15. The van der Waals surface area contributed by atoms with Crippen molar-refractivity contribution in [2.24, 2.45) is 0 Å². The minimum absolute atomic E-state index is 0.0665. The summed E-state index contributed by atoms with van der Waals surface area (Å²) in [6, 6.07) is 3.71. The molecule has 1 rings (SSSR count). The number of carbonyl (C=O) groups is 1. The molecular formula is C12H17NO2. The molecule has 0 saturated heterocycles. The van der Waals surface area contributed by atoms with Crippen molar-refractivity contribution in [1.29, 1.82) is 0 Å². The maximum Gasteiger partial charge on any atom is 0.255 e. The molecule has 0 spiro atoms. The first-order chi connectivity index (χ1) is 6.93. The van der Waals surface area contributed by atoms with E-state index in [2.05, 4.69) is 5.32 Å². The molecule has 3 nitrogen and oxygen atoms in total. The lowest BCUT2D eigenvalue weighted by Gasteiger charge is -2.13. The van der Waals surface area contributed by atoms with E-state index >= 15 is 0 Å². The number of phenolic OH excluding ortho intramolecular Hbond substituents is 1. The van der Waals surface area contributed by atoms with Crippen molar-refractivity contribution in [3.63, 3.8) is 0 Å². The largest absolute Gasteiger partial charge is 0.507 e. The Balaban J connectivity index is 3.13. The van der Waals surface area contributed by atoms with Gasteiger partial charge >= 0.3 is 0 Å². The zero-order valence-electron chi connectivity index (χ0n) is 9.59. The van der Waals surface area contributed by atoms with E-state index < -0.39 is 0 Å². The number of hydrogen-bond donors (Lipinski definition) is 2. The first-order valence-corrected chi connectivity index (χ1v) is 5.03. The first kappa shape index (κ1) is 11.6. The van der Waals surface area contributed by atoms with E-state index in [1.165, 1.54) is 0 Å². The summed E-state index contributed by atoms with van der Waals surface area (Å²) in [7, 11) is 0. The standard InChI is InChI=1S/C12H17NO2/c1-7(2)13-12(15)10-8(3)5-6-9(4)11(10)14/h5-7,14H,1-4H3,(H,13,15). The van der Waals surface area contributed by atoms with E-state index in [4.69, 9.17) is 0 Å². The molecule has 0 radical (unpaired) electrons. The number of amides is 1. The van der Waals surface area contributed by atoms with Crippen LogP contribution in [0.25, 0.3) is 0 Å². The second-order valence-corrected chi connectivity index (χ2v) is 4.05. The maximum absolute atomic E-state index is 11.8. The lowest BCUT2D eigenvalue weighted by molar-refractivity contribution is 0.0939. The van der Waals surface area contributed by atoms with Crippen LogP contribution in [0.2, 0.25) is 0 Å². The summed E-state index contributed by atoms with van der Waals surface area (Å²) in [4.78, 5) is 11.8. The van der Waals surface area contributed by atoms with Crippen molar-refractivity contribution in [2.45, 2.75) is 33.7 Å². The topological polar surface area (TPSA) is 49.3 Å². The molecule has 15 heavy (non-hydrogen) atoms. The van der Waals surface area contributed by atoms with E-state index in [0.717, 1.165) is 11.1 Å². The van der Waals surface area contributed by atoms with Crippen LogP contribution in [0.4, 0.5) is 0 Å². The molecule has 1 aromatic carbocycles. The van der Waals surface area contributed by atoms with Gasteiger partial charge in [0.25, 0.3) is 5.91 Å². The molecule has 0 aliphatic rings. The van der Waals surface area contributed by atoms with Crippen LogP contribution >= 0.6 is 0 Å². The van der Waals surface area contributed by atoms with Crippen molar-refractivity contribution in [3.05, 3.63) is 28.8 Å². The summed E-state index contributed by atoms with van der Waals surface area (Å²) in [6.45, 7) is 7.37.